The van der Waals surface area contributed by atoms with Gasteiger partial charge >= 0.3 is 0 Å². The lowest BCUT2D eigenvalue weighted by molar-refractivity contribution is -0.920. The van der Waals surface area contributed by atoms with E-state index in [4.69, 9.17) is 20.8 Å². The molecule has 26 heavy (non-hydrogen) atoms. The number of hydrogen-bond acceptors (Lipinski definition) is 4. The third-order valence-electron chi connectivity index (χ3n) is 3.85. The average molecular weight is 392 g/mol. The molecule has 0 aliphatic rings. The molecule has 1 unspecified atom stereocenters. The van der Waals surface area contributed by atoms with Crippen molar-refractivity contribution < 1.29 is 18.8 Å². The number of carbonyl (C=O) groups excluding carboxylic acids is 1. The Morgan fingerprint density at radius 3 is 2.81 bits per heavy atom. The predicted molar refractivity (Wildman–Crippen MR) is 103 cm³/mol. The Bertz CT molecular complexity index is 798. The normalized spacial score (nSPS) is 11.9. The Labute approximate surface area is 161 Å². The fraction of sp³-hybridized carbons (Fsp3) is 0.211. The Hall–Kier alpha value is -2.28. The summed E-state index contributed by atoms with van der Waals surface area (Å²) in [6, 6.07) is 13.1. The molecule has 7 heteroatoms. The summed E-state index contributed by atoms with van der Waals surface area (Å²) < 4.78 is 10.6. The van der Waals surface area contributed by atoms with E-state index in [1.807, 2.05) is 23.6 Å². The van der Waals surface area contributed by atoms with Gasteiger partial charge in [0.2, 0.25) is 0 Å². The number of hydrogen-bond donors (Lipinski definition) is 2. The van der Waals surface area contributed by atoms with E-state index in [2.05, 4.69) is 11.4 Å². The highest BCUT2D eigenvalue weighted by Crippen LogP contribution is 2.27. The molecule has 0 aliphatic heterocycles. The second-order valence-corrected chi connectivity index (χ2v) is 7.28. The van der Waals surface area contributed by atoms with Gasteiger partial charge in [-0.1, -0.05) is 17.7 Å². The number of ether oxygens (including phenoxy) is 1. The van der Waals surface area contributed by atoms with Crippen LogP contribution in [0.2, 0.25) is 5.02 Å². The number of rotatable bonds is 8. The lowest BCUT2D eigenvalue weighted by Crippen LogP contribution is -3.10. The number of nitrogens with one attached hydrogen (secondary N) is 2. The molecule has 3 rings (SSSR count). The molecule has 2 aromatic heterocycles. The Morgan fingerprint density at radius 1 is 1.27 bits per heavy atom. The van der Waals surface area contributed by atoms with Crippen LogP contribution in [-0.4, -0.2) is 19.6 Å². The Morgan fingerprint density at radius 2 is 2.15 bits per heavy atom. The minimum absolute atomic E-state index is 0.0793. The number of thiophene rings is 1. The highest BCUT2D eigenvalue weighted by atomic mass is 35.5. The molecule has 5 nitrogen and oxygen atoms in total. The van der Waals surface area contributed by atoms with E-state index in [0.29, 0.717) is 29.5 Å². The van der Waals surface area contributed by atoms with Gasteiger partial charge in [0.25, 0.3) is 5.91 Å². The highest BCUT2D eigenvalue weighted by molar-refractivity contribution is 7.09. The zero-order chi connectivity index (χ0) is 18.4. The summed E-state index contributed by atoms with van der Waals surface area (Å²) in [7, 11) is 1.56. The van der Waals surface area contributed by atoms with E-state index in [-0.39, 0.29) is 5.91 Å². The van der Waals surface area contributed by atoms with Crippen LogP contribution in [-0.2, 0) is 17.9 Å². The van der Waals surface area contributed by atoms with Gasteiger partial charge in [0, 0.05) is 5.69 Å². The average Bonchev–Trinajstić information content (AvgIpc) is 3.29. The quantitative estimate of drug-likeness (QED) is 0.620. The van der Waals surface area contributed by atoms with Gasteiger partial charge < -0.3 is 19.4 Å². The molecule has 1 atom stereocenters. The zero-order valence-electron chi connectivity index (χ0n) is 14.3. The predicted octanol–water partition coefficient (Wildman–Crippen LogP) is 3.23. The van der Waals surface area contributed by atoms with E-state index in [9.17, 15) is 4.79 Å². The number of methoxy groups -OCH3 is 1. The van der Waals surface area contributed by atoms with Crippen LogP contribution < -0.4 is 15.0 Å². The molecular weight excluding hydrogens is 372 g/mol. The Balaban J connectivity index is 1.65. The minimum atomic E-state index is -0.0793. The largest absolute Gasteiger partial charge is 0.495 e. The maximum Gasteiger partial charge on any atom is 0.279 e. The molecule has 0 aliphatic carbocycles. The van der Waals surface area contributed by atoms with Crippen LogP contribution in [0.25, 0.3) is 0 Å². The van der Waals surface area contributed by atoms with Gasteiger partial charge in [0.15, 0.2) is 12.3 Å². The first-order valence-electron chi connectivity index (χ1n) is 8.16. The third-order valence-corrected chi connectivity index (χ3v) is 5.03. The van der Waals surface area contributed by atoms with Crippen LogP contribution in [0.15, 0.2) is 58.5 Å². The minimum Gasteiger partial charge on any atom is -0.495 e. The SMILES string of the molecule is COc1ccc(NC(=O)C[NH+](Cc2ccco2)Cc2cccs2)cc1Cl. The summed E-state index contributed by atoms with van der Waals surface area (Å²) in [4.78, 5) is 14.8. The number of amides is 1. The fourth-order valence-corrected chi connectivity index (χ4v) is 3.72. The summed E-state index contributed by atoms with van der Waals surface area (Å²) in [5.74, 6) is 1.36. The van der Waals surface area contributed by atoms with Gasteiger partial charge in [-0.2, -0.15) is 0 Å². The van der Waals surface area contributed by atoms with Gasteiger partial charge in [-0.15, -0.1) is 11.3 Å². The van der Waals surface area contributed by atoms with E-state index in [1.165, 1.54) is 4.88 Å². The number of anilines is 1. The smallest absolute Gasteiger partial charge is 0.279 e. The van der Waals surface area contributed by atoms with Crippen molar-refractivity contribution in [3.8, 4) is 5.75 Å². The number of halogens is 1. The third kappa shape index (κ3) is 5.11. The van der Waals surface area contributed by atoms with Crippen LogP contribution in [0.3, 0.4) is 0 Å². The second kappa shape index (κ2) is 8.89. The van der Waals surface area contributed by atoms with Gasteiger partial charge in [0.05, 0.1) is 23.3 Å². The number of benzene rings is 1. The molecular formula is C19H20ClN2O3S+. The second-order valence-electron chi connectivity index (χ2n) is 5.84. The van der Waals surface area contributed by atoms with Crippen molar-refractivity contribution in [2.75, 3.05) is 19.0 Å². The van der Waals surface area contributed by atoms with E-state index < -0.39 is 0 Å². The monoisotopic (exact) mass is 391 g/mol. The molecule has 0 radical (unpaired) electrons. The summed E-state index contributed by atoms with van der Waals surface area (Å²) >= 11 is 7.80. The lowest BCUT2D eigenvalue weighted by atomic mass is 10.3. The van der Waals surface area contributed by atoms with Crippen molar-refractivity contribution in [3.63, 3.8) is 0 Å². The van der Waals surface area contributed by atoms with Crippen LogP contribution in [0, 0.1) is 0 Å². The van der Waals surface area contributed by atoms with E-state index in [1.54, 1.807) is 42.9 Å². The number of furan rings is 1. The molecule has 136 valence electrons. The zero-order valence-corrected chi connectivity index (χ0v) is 15.9. The van der Waals surface area contributed by atoms with E-state index >= 15 is 0 Å². The van der Waals surface area contributed by atoms with Gasteiger partial charge in [0.1, 0.15) is 18.8 Å². The van der Waals surface area contributed by atoms with Crippen molar-refractivity contribution in [1.82, 2.24) is 0 Å². The van der Waals surface area contributed by atoms with Gasteiger partial charge in [-0.25, -0.2) is 0 Å². The van der Waals surface area contributed by atoms with Crippen LogP contribution >= 0.6 is 22.9 Å². The molecule has 0 saturated carbocycles. The van der Waals surface area contributed by atoms with Crippen molar-refractivity contribution in [2.24, 2.45) is 0 Å². The molecule has 0 spiro atoms. The fourth-order valence-electron chi connectivity index (χ4n) is 2.68. The maximum atomic E-state index is 12.5. The Kier molecular flexibility index (Phi) is 6.33. The van der Waals surface area contributed by atoms with Crippen LogP contribution in [0.4, 0.5) is 5.69 Å². The number of carbonyl (C=O) groups is 1. The van der Waals surface area contributed by atoms with Gasteiger partial charge in [-0.3, -0.25) is 4.79 Å². The molecule has 1 amide bonds. The molecule has 0 bridgehead atoms. The standard InChI is InChI=1S/C19H19ClN2O3S/c1-24-18-7-6-14(10-17(18)20)21-19(23)13-22(11-15-4-2-8-25-15)12-16-5-3-9-26-16/h2-10H,11-13H2,1H3,(H,21,23)/p+1. The van der Waals surface area contributed by atoms with Gasteiger partial charge in [-0.05, 0) is 41.8 Å². The number of quaternary nitrogens is 1. The molecule has 0 saturated heterocycles. The lowest BCUT2D eigenvalue weighted by Gasteiger charge is -2.17. The summed E-state index contributed by atoms with van der Waals surface area (Å²) in [6.45, 7) is 1.72. The van der Waals surface area contributed by atoms with Crippen molar-refractivity contribution in [2.45, 2.75) is 13.1 Å². The molecule has 2 heterocycles. The topological polar surface area (TPSA) is 55.9 Å². The highest BCUT2D eigenvalue weighted by Gasteiger charge is 2.18. The van der Waals surface area contributed by atoms with Crippen molar-refractivity contribution in [3.05, 3.63) is 69.8 Å². The first kappa shape index (κ1) is 18.5. The molecule has 2 N–H and O–H groups in total. The van der Waals surface area contributed by atoms with Crippen molar-refractivity contribution >= 4 is 34.5 Å². The first-order valence-corrected chi connectivity index (χ1v) is 9.41. The molecule has 3 aromatic rings. The van der Waals surface area contributed by atoms with Crippen molar-refractivity contribution in [1.29, 1.82) is 0 Å². The van der Waals surface area contributed by atoms with E-state index in [0.717, 1.165) is 17.2 Å². The summed E-state index contributed by atoms with van der Waals surface area (Å²) in [5.41, 5.74) is 0.647. The van der Waals surface area contributed by atoms with Crippen LogP contribution in [0.1, 0.15) is 10.6 Å². The first-order chi connectivity index (χ1) is 12.6. The summed E-state index contributed by atoms with van der Waals surface area (Å²) in [6.07, 6.45) is 1.65. The molecule has 0 fully saturated rings. The molecule has 1 aromatic carbocycles. The maximum absolute atomic E-state index is 12.5. The summed E-state index contributed by atoms with van der Waals surface area (Å²) in [5, 5.41) is 5.40. The van der Waals surface area contributed by atoms with Crippen LogP contribution in [0.5, 0.6) is 5.75 Å².